The highest BCUT2D eigenvalue weighted by Gasteiger charge is 2.17. The molecule has 0 aliphatic rings. The molecule has 0 atom stereocenters. The van der Waals surface area contributed by atoms with Crippen LogP contribution in [0.3, 0.4) is 0 Å². The van der Waals surface area contributed by atoms with Gasteiger partial charge in [-0.25, -0.2) is 0 Å². The normalized spacial score (nSPS) is 9.85. The molecule has 1 rings (SSSR count). The zero-order chi connectivity index (χ0) is 19.5. The number of benzene rings is 1. The van der Waals surface area contributed by atoms with Crippen LogP contribution >= 0.6 is 12.2 Å². The number of methoxy groups -OCH3 is 3. The highest BCUT2D eigenvalue weighted by molar-refractivity contribution is 7.80. The largest absolute Gasteiger partial charge is 0.493 e. The molecule has 1 aromatic carbocycles. The summed E-state index contributed by atoms with van der Waals surface area (Å²) >= 11 is 5.01. The first-order chi connectivity index (χ1) is 12.5. The summed E-state index contributed by atoms with van der Waals surface area (Å²) in [7, 11) is 4.39. The van der Waals surface area contributed by atoms with Crippen molar-refractivity contribution in [3.8, 4) is 17.2 Å². The smallest absolute Gasteiger partial charge is 0.257 e. The first kappa shape index (κ1) is 21.5. The molecular formula is C17H25N3O5S. The van der Waals surface area contributed by atoms with Gasteiger partial charge in [-0.15, -0.1) is 0 Å². The molecule has 0 aliphatic heterocycles. The third-order valence-corrected chi connectivity index (χ3v) is 3.68. The van der Waals surface area contributed by atoms with Gasteiger partial charge in [0.05, 0.1) is 21.3 Å². The van der Waals surface area contributed by atoms with Crippen LogP contribution in [0.25, 0.3) is 0 Å². The van der Waals surface area contributed by atoms with E-state index in [4.69, 9.17) is 26.4 Å². The Morgan fingerprint density at radius 3 is 2.12 bits per heavy atom. The van der Waals surface area contributed by atoms with Gasteiger partial charge in [-0.05, 0) is 30.8 Å². The van der Waals surface area contributed by atoms with Crippen molar-refractivity contribution in [1.82, 2.24) is 16.2 Å². The number of rotatable bonds is 8. The van der Waals surface area contributed by atoms with Gasteiger partial charge in [0.1, 0.15) is 0 Å². The Balaban J connectivity index is 2.67. The fourth-order valence-electron chi connectivity index (χ4n) is 2.14. The molecule has 0 aromatic heterocycles. The van der Waals surface area contributed by atoms with E-state index in [1.54, 1.807) is 0 Å². The van der Waals surface area contributed by atoms with E-state index in [1.807, 2.05) is 0 Å². The average molecular weight is 383 g/mol. The zero-order valence-electron chi connectivity index (χ0n) is 15.4. The first-order valence-corrected chi connectivity index (χ1v) is 8.57. The Labute approximate surface area is 158 Å². The average Bonchev–Trinajstić information content (AvgIpc) is 2.65. The lowest BCUT2D eigenvalue weighted by molar-refractivity contribution is -0.121. The minimum Gasteiger partial charge on any atom is -0.493 e. The van der Waals surface area contributed by atoms with Crippen molar-refractivity contribution in [2.75, 3.05) is 21.3 Å². The molecule has 8 nitrogen and oxygen atoms in total. The number of unbranched alkanes of at least 4 members (excludes halogenated alkanes) is 2. The molecule has 0 spiro atoms. The Hall–Kier alpha value is -2.55. The van der Waals surface area contributed by atoms with Gasteiger partial charge in [-0.1, -0.05) is 19.8 Å². The second kappa shape index (κ2) is 11.1. The van der Waals surface area contributed by atoms with Gasteiger partial charge >= 0.3 is 0 Å². The molecule has 144 valence electrons. The van der Waals surface area contributed by atoms with Gasteiger partial charge < -0.3 is 14.2 Å². The van der Waals surface area contributed by atoms with Crippen molar-refractivity contribution in [1.29, 1.82) is 0 Å². The first-order valence-electron chi connectivity index (χ1n) is 8.16. The van der Waals surface area contributed by atoms with E-state index in [0.29, 0.717) is 23.7 Å². The molecule has 0 unspecified atom stereocenters. The Morgan fingerprint density at radius 2 is 1.62 bits per heavy atom. The number of nitrogens with one attached hydrogen (secondary N) is 3. The Morgan fingerprint density at radius 1 is 1.00 bits per heavy atom. The van der Waals surface area contributed by atoms with Gasteiger partial charge in [-0.2, -0.15) is 0 Å². The molecule has 0 radical (unpaired) electrons. The van der Waals surface area contributed by atoms with Gasteiger partial charge in [0, 0.05) is 12.0 Å². The van der Waals surface area contributed by atoms with E-state index in [-0.39, 0.29) is 16.6 Å². The highest BCUT2D eigenvalue weighted by atomic mass is 32.1. The number of thiocarbonyl (C=S) groups is 1. The summed E-state index contributed by atoms with van der Waals surface area (Å²) in [6.45, 7) is 2.06. The molecule has 0 aliphatic carbocycles. The maximum Gasteiger partial charge on any atom is 0.257 e. The van der Waals surface area contributed by atoms with Crippen molar-refractivity contribution >= 4 is 29.1 Å². The molecular weight excluding hydrogens is 358 g/mol. The van der Waals surface area contributed by atoms with Crippen LogP contribution in [-0.4, -0.2) is 38.3 Å². The number of carbonyl (C=O) groups is 2. The predicted octanol–water partition coefficient (Wildman–Crippen LogP) is 1.93. The van der Waals surface area contributed by atoms with E-state index in [1.165, 1.54) is 33.5 Å². The summed E-state index contributed by atoms with van der Waals surface area (Å²) in [5.41, 5.74) is 5.21. The van der Waals surface area contributed by atoms with Crippen molar-refractivity contribution in [2.24, 2.45) is 0 Å². The molecule has 26 heavy (non-hydrogen) atoms. The number of hydrogen-bond donors (Lipinski definition) is 3. The van der Waals surface area contributed by atoms with E-state index < -0.39 is 5.91 Å². The number of carbonyl (C=O) groups excluding carboxylic acids is 2. The van der Waals surface area contributed by atoms with Crippen LogP contribution in [0.5, 0.6) is 17.2 Å². The van der Waals surface area contributed by atoms with Gasteiger partial charge in [-0.3, -0.25) is 25.8 Å². The molecule has 0 saturated carbocycles. The summed E-state index contributed by atoms with van der Waals surface area (Å²) in [4.78, 5) is 24.0. The second-order valence-corrected chi connectivity index (χ2v) is 5.74. The van der Waals surface area contributed by atoms with Gasteiger partial charge in [0.25, 0.3) is 5.91 Å². The third kappa shape index (κ3) is 6.40. The van der Waals surface area contributed by atoms with Crippen LogP contribution in [0.2, 0.25) is 0 Å². The molecule has 9 heteroatoms. The van der Waals surface area contributed by atoms with Crippen molar-refractivity contribution < 1.29 is 23.8 Å². The van der Waals surface area contributed by atoms with Crippen molar-refractivity contribution in [2.45, 2.75) is 32.6 Å². The number of hydrazine groups is 1. The minimum absolute atomic E-state index is 0.0207. The van der Waals surface area contributed by atoms with Crippen LogP contribution < -0.4 is 30.4 Å². The van der Waals surface area contributed by atoms with Crippen LogP contribution in [0.15, 0.2) is 12.1 Å². The van der Waals surface area contributed by atoms with E-state index in [2.05, 4.69) is 23.1 Å². The minimum atomic E-state index is -0.484. The lowest BCUT2D eigenvalue weighted by Crippen LogP contribution is -2.48. The quantitative estimate of drug-likeness (QED) is 0.358. The maximum absolute atomic E-state index is 12.3. The van der Waals surface area contributed by atoms with E-state index in [0.717, 1.165) is 19.3 Å². The van der Waals surface area contributed by atoms with E-state index >= 15 is 0 Å². The molecule has 3 N–H and O–H groups in total. The number of amides is 2. The zero-order valence-corrected chi connectivity index (χ0v) is 16.2. The van der Waals surface area contributed by atoms with E-state index in [9.17, 15) is 9.59 Å². The number of ether oxygens (including phenoxy) is 3. The molecule has 1 aromatic rings. The summed E-state index contributed by atoms with van der Waals surface area (Å²) in [5.74, 6) is 0.400. The monoisotopic (exact) mass is 383 g/mol. The van der Waals surface area contributed by atoms with Gasteiger partial charge in [0.15, 0.2) is 16.6 Å². The fraction of sp³-hybridized carbons (Fsp3) is 0.471. The second-order valence-electron chi connectivity index (χ2n) is 5.33. The van der Waals surface area contributed by atoms with Crippen molar-refractivity contribution in [3.63, 3.8) is 0 Å². The summed E-state index contributed by atoms with van der Waals surface area (Å²) in [6.07, 6.45) is 3.21. The number of hydrogen-bond acceptors (Lipinski definition) is 6. The van der Waals surface area contributed by atoms with Crippen LogP contribution in [0, 0.1) is 0 Å². The third-order valence-electron chi connectivity index (χ3n) is 3.48. The SMILES string of the molecule is CCCCCC(=O)NNC(=S)NC(=O)c1cc(OC)c(OC)c(OC)c1. The van der Waals surface area contributed by atoms with Crippen LogP contribution in [0.4, 0.5) is 0 Å². The summed E-state index contributed by atoms with van der Waals surface area (Å²) in [6, 6.07) is 3.01. The Bertz CT molecular complexity index is 626. The van der Waals surface area contributed by atoms with Crippen LogP contribution in [-0.2, 0) is 4.79 Å². The lowest BCUT2D eigenvalue weighted by Gasteiger charge is -2.15. The summed E-state index contributed by atoms with van der Waals surface area (Å²) < 4.78 is 15.6. The molecule has 0 heterocycles. The fourth-order valence-corrected chi connectivity index (χ4v) is 2.29. The molecule has 0 saturated heterocycles. The van der Waals surface area contributed by atoms with Crippen LogP contribution in [0.1, 0.15) is 43.0 Å². The lowest BCUT2D eigenvalue weighted by atomic mass is 10.1. The predicted molar refractivity (Wildman–Crippen MR) is 102 cm³/mol. The van der Waals surface area contributed by atoms with Crippen molar-refractivity contribution in [3.05, 3.63) is 17.7 Å². The molecule has 2 amide bonds. The molecule has 0 bridgehead atoms. The van der Waals surface area contributed by atoms with Gasteiger partial charge in [0.2, 0.25) is 11.7 Å². The highest BCUT2D eigenvalue weighted by Crippen LogP contribution is 2.38. The standard InChI is InChI=1S/C17H25N3O5S/c1-5-6-7-8-14(21)19-20-17(26)18-16(22)11-9-12(23-2)15(25-4)13(10-11)24-3/h9-10H,5-8H2,1-4H3,(H,19,21)(H2,18,20,22,26). The molecule has 0 fully saturated rings. The summed E-state index contributed by atoms with van der Waals surface area (Å²) in [5, 5.41) is 2.45. The maximum atomic E-state index is 12.3. The Kier molecular flexibility index (Phi) is 9.21. The topological polar surface area (TPSA) is 97.9 Å².